The van der Waals surface area contributed by atoms with Gasteiger partial charge in [-0.15, -0.1) is 10.2 Å². The van der Waals surface area contributed by atoms with Crippen LogP contribution in [0, 0.1) is 0 Å². The number of rotatable bonds is 6. The fraction of sp³-hybridized carbons (Fsp3) is 0.0833. The van der Waals surface area contributed by atoms with Crippen molar-refractivity contribution in [2.75, 3.05) is 10.6 Å². The van der Waals surface area contributed by atoms with Crippen LogP contribution >= 0.6 is 0 Å². The van der Waals surface area contributed by atoms with Crippen molar-refractivity contribution in [1.29, 1.82) is 0 Å². The molecule has 1 aromatic heterocycles. The minimum Gasteiger partial charge on any atom is -0.449 e. The summed E-state index contributed by atoms with van der Waals surface area (Å²) in [4.78, 5) is 24.5. The maximum Gasteiger partial charge on any atom is 0.338 e. The number of hydrogen-bond acceptors (Lipinski definition) is 6. The minimum atomic E-state index is -0.720. The lowest BCUT2D eigenvalue weighted by Gasteiger charge is -2.10. The number of esters is 1. The number of anilines is 2. The number of amides is 2. The standard InChI is InChI=1S/C24H20N4O4/c1-16(21-27-28-22(32-21)17-8-4-2-5-9-17)31-23(29)18-12-14-20(15-13-18)26-24(30)25-19-10-6-3-7-11-19/h2-16H,1H3,(H2,25,26,30). The fourth-order valence-corrected chi connectivity index (χ4v) is 2.88. The second-order valence-corrected chi connectivity index (χ2v) is 6.88. The Morgan fingerprint density at radius 1 is 0.812 bits per heavy atom. The molecule has 0 saturated carbocycles. The summed E-state index contributed by atoms with van der Waals surface area (Å²) in [6.45, 7) is 1.66. The molecule has 4 aromatic rings. The molecule has 1 atom stereocenters. The van der Waals surface area contributed by atoms with Crippen LogP contribution in [0.1, 0.15) is 29.3 Å². The van der Waals surface area contributed by atoms with Crippen molar-refractivity contribution in [2.45, 2.75) is 13.0 Å². The zero-order valence-electron chi connectivity index (χ0n) is 17.2. The van der Waals surface area contributed by atoms with Gasteiger partial charge in [0, 0.05) is 16.9 Å². The molecule has 0 bridgehead atoms. The molecule has 2 N–H and O–H groups in total. The Labute approximate surface area is 184 Å². The van der Waals surface area contributed by atoms with Gasteiger partial charge in [0.1, 0.15) is 0 Å². The third-order valence-corrected chi connectivity index (χ3v) is 4.50. The third kappa shape index (κ3) is 5.17. The average Bonchev–Trinajstić information content (AvgIpc) is 3.31. The van der Waals surface area contributed by atoms with E-state index in [2.05, 4.69) is 20.8 Å². The second kappa shape index (κ2) is 9.57. The first-order chi connectivity index (χ1) is 15.6. The molecule has 0 fully saturated rings. The van der Waals surface area contributed by atoms with Gasteiger partial charge in [-0.05, 0) is 55.5 Å². The number of urea groups is 1. The van der Waals surface area contributed by atoms with Crippen molar-refractivity contribution in [1.82, 2.24) is 10.2 Å². The van der Waals surface area contributed by atoms with Crippen LogP contribution in [0.15, 0.2) is 89.3 Å². The lowest BCUT2D eigenvalue weighted by Crippen LogP contribution is -2.19. The summed E-state index contributed by atoms with van der Waals surface area (Å²) in [6.07, 6.45) is -0.720. The summed E-state index contributed by atoms with van der Waals surface area (Å²) < 4.78 is 11.1. The molecule has 160 valence electrons. The molecule has 8 heteroatoms. The molecule has 0 aliphatic carbocycles. The van der Waals surface area contributed by atoms with Gasteiger partial charge in [-0.1, -0.05) is 36.4 Å². The van der Waals surface area contributed by atoms with Crippen LogP contribution in [0.25, 0.3) is 11.5 Å². The van der Waals surface area contributed by atoms with E-state index < -0.39 is 12.1 Å². The van der Waals surface area contributed by atoms with Crippen LogP contribution < -0.4 is 10.6 Å². The average molecular weight is 428 g/mol. The van der Waals surface area contributed by atoms with Gasteiger partial charge in [0.05, 0.1) is 5.56 Å². The summed E-state index contributed by atoms with van der Waals surface area (Å²) in [5.74, 6) is 0.0121. The predicted molar refractivity (Wildman–Crippen MR) is 119 cm³/mol. The molecule has 3 aromatic carbocycles. The summed E-state index contributed by atoms with van der Waals surface area (Å²) in [7, 11) is 0. The maximum atomic E-state index is 12.5. The van der Waals surface area contributed by atoms with Crippen LogP contribution in [0.2, 0.25) is 0 Å². The van der Waals surface area contributed by atoms with Gasteiger partial charge < -0.3 is 19.8 Å². The molecular formula is C24H20N4O4. The van der Waals surface area contributed by atoms with Crippen LogP contribution in [-0.2, 0) is 4.74 Å². The summed E-state index contributed by atoms with van der Waals surface area (Å²) >= 11 is 0. The van der Waals surface area contributed by atoms with E-state index in [1.165, 1.54) is 0 Å². The molecule has 4 rings (SSSR count). The van der Waals surface area contributed by atoms with E-state index in [1.54, 1.807) is 43.3 Å². The number of hydrogen-bond donors (Lipinski definition) is 2. The number of para-hydroxylation sites is 1. The van der Waals surface area contributed by atoms with Crippen LogP contribution in [0.5, 0.6) is 0 Å². The molecule has 0 aliphatic rings. The SMILES string of the molecule is CC(OC(=O)c1ccc(NC(=O)Nc2ccccc2)cc1)c1nnc(-c2ccccc2)o1. The number of carbonyl (C=O) groups is 2. The normalized spacial score (nSPS) is 11.4. The first-order valence-electron chi connectivity index (χ1n) is 9.91. The second-order valence-electron chi connectivity index (χ2n) is 6.88. The number of ether oxygens (including phenoxy) is 1. The Balaban J connectivity index is 1.33. The van der Waals surface area contributed by atoms with Crippen LogP contribution in [-0.4, -0.2) is 22.2 Å². The monoisotopic (exact) mass is 428 g/mol. The van der Waals surface area contributed by atoms with Gasteiger partial charge in [-0.25, -0.2) is 9.59 Å². The van der Waals surface area contributed by atoms with Gasteiger partial charge in [-0.2, -0.15) is 0 Å². The summed E-state index contributed by atoms with van der Waals surface area (Å²) in [5, 5.41) is 13.4. The molecular weight excluding hydrogens is 408 g/mol. The topological polar surface area (TPSA) is 106 Å². The van der Waals surface area contributed by atoms with E-state index in [9.17, 15) is 9.59 Å². The first-order valence-corrected chi connectivity index (χ1v) is 9.91. The molecule has 0 radical (unpaired) electrons. The highest BCUT2D eigenvalue weighted by Gasteiger charge is 2.20. The highest BCUT2D eigenvalue weighted by Crippen LogP contribution is 2.23. The van der Waals surface area contributed by atoms with E-state index in [1.807, 2.05) is 48.5 Å². The van der Waals surface area contributed by atoms with Crippen molar-refractivity contribution >= 4 is 23.4 Å². The van der Waals surface area contributed by atoms with Crippen molar-refractivity contribution in [3.63, 3.8) is 0 Å². The summed E-state index contributed by atoms with van der Waals surface area (Å²) in [5.41, 5.74) is 2.32. The number of carbonyl (C=O) groups excluding carboxylic acids is 2. The molecule has 1 heterocycles. The highest BCUT2D eigenvalue weighted by molar-refractivity contribution is 6.00. The zero-order chi connectivity index (χ0) is 22.3. The molecule has 0 saturated heterocycles. The Morgan fingerprint density at radius 2 is 1.41 bits per heavy atom. The van der Waals surface area contributed by atoms with Crippen molar-refractivity contribution in [2.24, 2.45) is 0 Å². The van der Waals surface area contributed by atoms with Crippen LogP contribution in [0.3, 0.4) is 0 Å². The number of aromatic nitrogens is 2. The minimum absolute atomic E-state index is 0.202. The van der Waals surface area contributed by atoms with Crippen LogP contribution in [0.4, 0.5) is 16.2 Å². The molecule has 8 nitrogen and oxygen atoms in total. The Bertz CT molecular complexity index is 1190. The van der Waals surface area contributed by atoms with E-state index in [4.69, 9.17) is 9.15 Å². The molecule has 32 heavy (non-hydrogen) atoms. The van der Waals surface area contributed by atoms with Gasteiger partial charge in [0.2, 0.25) is 5.89 Å². The zero-order valence-corrected chi connectivity index (χ0v) is 17.2. The van der Waals surface area contributed by atoms with E-state index >= 15 is 0 Å². The third-order valence-electron chi connectivity index (χ3n) is 4.50. The Morgan fingerprint density at radius 3 is 2.06 bits per heavy atom. The number of benzene rings is 3. The lowest BCUT2D eigenvalue weighted by molar-refractivity contribution is 0.0280. The van der Waals surface area contributed by atoms with E-state index in [0.717, 1.165) is 5.56 Å². The van der Waals surface area contributed by atoms with Gasteiger partial charge in [0.25, 0.3) is 5.89 Å². The molecule has 0 spiro atoms. The fourth-order valence-electron chi connectivity index (χ4n) is 2.88. The number of nitrogens with one attached hydrogen (secondary N) is 2. The molecule has 2 amide bonds. The number of nitrogens with zero attached hydrogens (tertiary/aromatic N) is 2. The van der Waals surface area contributed by atoms with Gasteiger partial charge >= 0.3 is 12.0 Å². The molecule has 1 unspecified atom stereocenters. The largest absolute Gasteiger partial charge is 0.449 e. The van der Waals surface area contributed by atoms with Crippen molar-refractivity contribution in [3.8, 4) is 11.5 Å². The van der Waals surface area contributed by atoms with E-state index in [0.29, 0.717) is 22.8 Å². The lowest BCUT2D eigenvalue weighted by atomic mass is 10.2. The predicted octanol–water partition coefficient (Wildman–Crippen LogP) is 5.30. The highest BCUT2D eigenvalue weighted by atomic mass is 16.6. The first kappa shape index (κ1) is 20.8. The van der Waals surface area contributed by atoms with E-state index in [-0.39, 0.29) is 11.9 Å². The molecule has 0 aliphatic heterocycles. The smallest absolute Gasteiger partial charge is 0.338 e. The van der Waals surface area contributed by atoms with Crippen molar-refractivity contribution in [3.05, 3.63) is 96.4 Å². The summed E-state index contributed by atoms with van der Waals surface area (Å²) in [6, 6.07) is 24.4. The van der Waals surface area contributed by atoms with Gasteiger partial charge in [0.15, 0.2) is 6.10 Å². The van der Waals surface area contributed by atoms with Gasteiger partial charge in [-0.3, -0.25) is 0 Å². The Hall–Kier alpha value is -4.46. The Kier molecular flexibility index (Phi) is 6.22. The maximum absolute atomic E-state index is 12.5. The van der Waals surface area contributed by atoms with Crippen molar-refractivity contribution < 1.29 is 18.7 Å². The quantitative estimate of drug-likeness (QED) is 0.404.